The number of nitrogens with one attached hydrogen (secondary N) is 1. The zero-order valence-electron chi connectivity index (χ0n) is 16.3. The molecule has 4 atom stereocenters. The summed E-state index contributed by atoms with van der Waals surface area (Å²) in [7, 11) is 0. The van der Waals surface area contributed by atoms with E-state index in [1.54, 1.807) is 19.1 Å². The average Bonchev–Trinajstić information content (AvgIpc) is 2.90. The summed E-state index contributed by atoms with van der Waals surface area (Å²) in [5.74, 6) is -3.28. The summed E-state index contributed by atoms with van der Waals surface area (Å²) in [6.45, 7) is 1.58. The van der Waals surface area contributed by atoms with Crippen molar-refractivity contribution in [1.29, 1.82) is 21.2 Å². The molecule has 2 heterocycles. The molecule has 0 aromatic heterocycles. The summed E-state index contributed by atoms with van der Waals surface area (Å²) in [5, 5.41) is 40.4. The SMILES string of the molecule is CC1C2(c3ccc(Cl)cc3Cl)OC(=N)C1(C#N)C(C#N)(C#N)C(c1ccc(Cl)cc1Cl)O2. The van der Waals surface area contributed by atoms with Gasteiger partial charge < -0.3 is 9.47 Å². The van der Waals surface area contributed by atoms with Crippen molar-refractivity contribution >= 4 is 52.3 Å². The van der Waals surface area contributed by atoms with Crippen LogP contribution in [0.25, 0.3) is 0 Å². The highest BCUT2D eigenvalue weighted by molar-refractivity contribution is 6.35. The lowest BCUT2D eigenvalue weighted by atomic mass is 9.53. The molecule has 6 nitrogen and oxygen atoms in total. The van der Waals surface area contributed by atoms with E-state index < -0.39 is 34.5 Å². The maximum absolute atomic E-state index is 10.3. The largest absolute Gasteiger partial charge is 0.443 e. The first-order valence-electron chi connectivity index (χ1n) is 9.23. The van der Waals surface area contributed by atoms with Crippen LogP contribution in [-0.4, -0.2) is 5.90 Å². The topological polar surface area (TPSA) is 114 Å². The molecule has 2 aliphatic heterocycles. The Morgan fingerprint density at radius 1 is 0.906 bits per heavy atom. The normalized spacial score (nSPS) is 30.0. The van der Waals surface area contributed by atoms with Crippen LogP contribution in [0.2, 0.25) is 20.1 Å². The number of hydrogen-bond donors (Lipinski definition) is 1. The fraction of sp³-hybridized carbons (Fsp3) is 0.273. The minimum absolute atomic E-state index is 0.128. The molecule has 0 radical (unpaired) electrons. The molecule has 2 aromatic carbocycles. The number of halogens is 4. The average molecular weight is 506 g/mol. The van der Waals surface area contributed by atoms with E-state index in [1.807, 2.05) is 18.2 Å². The number of nitrogens with zero attached hydrogens (tertiary/aromatic N) is 3. The molecular weight excluding hydrogens is 494 g/mol. The Morgan fingerprint density at radius 3 is 2.03 bits per heavy atom. The standard InChI is InChI=1S/C22H12Cl4N4O2/c1-11-21(10-29)19(30)32-22(11,15-5-3-13(24)7-17(15)26)31-18(20(21,8-27)9-28)14-4-2-12(23)6-16(14)25/h2-7,11,18,30H,1H3. The van der Waals surface area contributed by atoms with E-state index in [2.05, 4.69) is 0 Å². The Kier molecular flexibility index (Phi) is 5.34. The van der Waals surface area contributed by atoms with Crippen molar-refractivity contribution in [3.8, 4) is 18.2 Å². The van der Waals surface area contributed by atoms with Gasteiger partial charge in [0.25, 0.3) is 0 Å². The highest BCUT2D eigenvalue weighted by Crippen LogP contribution is 2.69. The van der Waals surface area contributed by atoms with Gasteiger partial charge in [0.1, 0.15) is 6.10 Å². The van der Waals surface area contributed by atoms with Crippen LogP contribution in [0, 0.1) is 56.2 Å². The second-order valence-electron chi connectivity index (χ2n) is 7.56. The van der Waals surface area contributed by atoms with E-state index in [0.717, 1.165) is 0 Å². The summed E-state index contributed by atoms with van der Waals surface area (Å²) >= 11 is 25.0. The summed E-state index contributed by atoms with van der Waals surface area (Å²) in [6, 6.07) is 15.0. The van der Waals surface area contributed by atoms with Crippen LogP contribution in [0.3, 0.4) is 0 Å². The van der Waals surface area contributed by atoms with E-state index >= 15 is 0 Å². The van der Waals surface area contributed by atoms with Crippen molar-refractivity contribution < 1.29 is 9.47 Å². The van der Waals surface area contributed by atoms with Gasteiger partial charge in [-0.3, -0.25) is 5.41 Å². The van der Waals surface area contributed by atoms with E-state index in [4.69, 9.17) is 61.3 Å². The van der Waals surface area contributed by atoms with Gasteiger partial charge in [0.2, 0.25) is 17.1 Å². The summed E-state index contributed by atoms with van der Waals surface area (Å²) in [5.41, 5.74) is -3.59. The first-order valence-corrected chi connectivity index (χ1v) is 10.7. The van der Waals surface area contributed by atoms with Crippen LogP contribution < -0.4 is 0 Å². The number of nitriles is 3. The molecule has 10 heteroatoms. The minimum Gasteiger partial charge on any atom is -0.443 e. The van der Waals surface area contributed by atoms with Gasteiger partial charge in [-0.15, -0.1) is 0 Å². The number of ether oxygens (including phenoxy) is 2. The Labute approximate surface area is 203 Å². The molecule has 0 saturated carbocycles. The van der Waals surface area contributed by atoms with Gasteiger partial charge in [0.15, 0.2) is 5.41 Å². The van der Waals surface area contributed by atoms with Crippen LogP contribution >= 0.6 is 46.4 Å². The molecule has 0 spiro atoms. The lowest BCUT2D eigenvalue weighted by Crippen LogP contribution is -2.57. The molecule has 4 rings (SSSR count). The summed E-state index contributed by atoms with van der Waals surface area (Å²) < 4.78 is 12.3. The molecule has 2 fully saturated rings. The number of rotatable bonds is 2. The first kappa shape index (κ1) is 22.7. The zero-order valence-corrected chi connectivity index (χ0v) is 19.3. The summed E-state index contributed by atoms with van der Waals surface area (Å²) in [4.78, 5) is 0. The van der Waals surface area contributed by atoms with Gasteiger partial charge in [-0.1, -0.05) is 59.4 Å². The monoisotopic (exact) mass is 504 g/mol. The molecule has 32 heavy (non-hydrogen) atoms. The van der Waals surface area contributed by atoms with Crippen molar-refractivity contribution in [2.75, 3.05) is 0 Å². The number of fused-ring (bicyclic) bond motifs is 2. The zero-order chi connectivity index (χ0) is 23.5. The van der Waals surface area contributed by atoms with Gasteiger partial charge in [-0.2, -0.15) is 15.8 Å². The Balaban J connectivity index is 2.08. The third-order valence-electron chi connectivity index (χ3n) is 6.22. The van der Waals surface area contributed by atoms with Gasteiger partial charge in [0, 0.05) is 26.2 Å². The lowest BCUT2D eigenvalue weighted by Gasteiger charge is -2.49. The fourth-order valence-electron chi connectivity index (χ4n) is 4.61. The predicted octanol–water partition coefficient (Wildman–Crippen LogP) is 6.41. The van der Waals surface area contributed by atoms with E-state index in [-0.39, 0.29) is 15.6 Å². The third kappa shape index (κ3) is 2.64. The van der Waals surface area contributed by atoms with Crippen LogP contribution in [0.15, 0.2) is 36.4 Å². The number of benzene rings is 2. The minimum atomic E-state index is -2.16. The van der Waals surface area contributed by atoms with Crippen LogP contribution in [0.4, 0.5) is 0 Å². The van der Waals surface area contributed by atoms with E-state index in [0.29, 0.717) is 15.6 Å². The highest BCUT2D eigenvalue weighted by Gasteiger charge is 2.80. The van der Waals surface area contributed by atoms with Gasteiger partial charge >= 0.3 is 0 Å². The van der Waals surface area contributed by atoms with Crippen LogP contribution in [0.5, 0.6) is 0 Å². The second-order valence-corrected chi connectivity index (χ2v) is 9.25. The Morgan fingerprint density at radius 2 is 1.50 bits per heavy atom. The molecule has 1 N–H and O–H groups in total. The van der Waals surface area contributed by atoms with Crippen molar-refractivity contribution in [3.63, 3.8) is 0 Å². The smallest absolute Gasteiger partial charge is 0.245 e. The molecule has 4 unspecified atom stereocenters. The van der Waals surface area contributed by atoms with Gasteiger partial charge in [-0.25, -0.2) is 0 Å². The molecule has 2 saturated heterocycles. The quantitative estimate of drug-likeness (QED) is 0.506. The molecule has 2 bridgehead atoms. The molecular formula is C22H12Cl4N4O2. The molecule has 0 aliphatic carbocycles. The fourth-order valence-corrected chi connectivity index (χ4v) is 5.66. The van der Waals surface area contributed by atoms with Gasteiger partial charge in [0.05, 0.1) is 29.1 Å². The van der Waals surface area contributed by atoms with E-state index in [9.17, 15) is 15.8 Å². The lowest BCUT2D eigenvalue weighted by molar-refractivity contribution is -0.288. The second kappa shape index (κ2) is 7.53. The van der Waals surface area contributed by atoms with Crippen LogP contribution in [0.1, 0.15) is 24.2 Å². The molecule has 0 amide bonds. The third-order valence-corrected chi connectivity index (χ3v) is 7.33. The predicted molar refractivity (Wildman–Crippen MR) is 118 cm³/mol. The maximum atomic E-state index is 10.3. The van der Waals surface area contributed by atoms with Crippen molar-refractivity contribution in [1.82, 2.24) is 0 Å². The first-order chi connectivity index (χ1) is 15.1. The van der Waals surface area contributed by atoms with Gasteiger partial charge in [-0.05, 0) is 30.3 Å². The molecule has 160 valence electrons. The Hall–Kier alpha value is -2.50. The maximum Gasteiger partial charge on any atom is 0.245 e. The summed E-state index contributed by atoms with van der Waals surface area (Å²) in [6.07, 6.45) is -1.37. The highest BCUT2D eigenvalue weighted by atomic mass is 35.5. The van der Waals surface area contributed by atoms with Crippen molar-refractivity contribution in [3.05, 3.63) is 67.6 Å². The number of hydrogen-bond acceptors (Lipinski definition) is 6. The molecule has 2 aromatic rings. The Bertz CT molecular complexity index is 1280. The van der Waals surface area contributed by atoms with E-state index in [1.165, 1.54) is 24.3 Å². The van der Waals surface area contributed by atoms with Crippen molar-refractivity contribution in [2.45, 2.75) is 18.8 Å². The van der Waals surface area contributed by atoms with Crippen LogP contribution in [-0.2, 0) is 15.3 Å². The van der Waals surface area contributed by atoms with Crippen molar-refractivity contribution in [2.24, 2.45) is 16.7 Å². The molecule has 2 aliphatic rings.